The van der Waals surface area contributed by atoms with E-state index >= 15 is 0 Å². The molecule has 3 heteroatoms. The summed E-state index contributed by atoms with van der Waals surface area (Å²) in [5, 5.41) is 0. The van der Waals surface area contributed by atoms with Crippen LogP contribution in [-0.4, -0.2) is 18.6 Å². The Kier molecular flexibility index (Phi) is 3.83. The zero-order chi connectivity index (χ0) is 9.68. The summed E-state index contributed by atoms with van der Waals surface area (Å²) in [6, 6.07) is 7.15. The number of ether oxygens (including phenoxy) is 1. The predicted octanol–water partition coefficient (Wildman–Crippen LogP) is 2.20. The average Bonchev–Trinajstić information content (AvgIpc) is 2.18. The Morgan fingerprint density at radius 2 is 2.31 bits per heavy atom. The largest absolute Gasteiger partial charge is 0.497 e. The zero-order valence-electron chi connectivity index (χ0n) is 7.49. The van der Waals surface area contributed by atoms with E-state index in [2.05, 4.69) is 12.6 Å². The molecule has 0 aliphatic rings. The van der Waals surface area contributed by atoms with Gasteiger partial charge in [0, 0.05) is 12.0 Å². The minimum Gasteiger partial charge on any atom is -0.497 e. The summed E-state index contributed by atoms with van der Waals surface area (Å²) in [6.45, 7) is 0. The molecule has 1 aromatic rings. The van der Waals surface area contributed by atoms with Gasteiger partial charge in [-0.1, -0.05) is 12.1 Å². The van der Waals surface area contributed by atoms with Gasteiger partial charge in [-0.05, 0) is 17.9 Å². The third kappa shape index (κ3) is 2.77. The van der Waals surface area contributed by atoms with Crippen molar-refractivity contribution in [1.82, 2.24) is 0 Å². The van der Waals surface area contributed by atoms with E-state index in [1.807, 2.05) is 12.1 Å². The van der Waals surface area contributed by atoms with E-state index in [1.54, 1.807) is 19.2 Å². The monoisotopic (exact) mass is 196 g/mol. The Morgan fingerprint density at radius 1 is 1.54 bits per heavy atom. The number of carbonyl (C=O) groups excluding carboxylic acids is 1. The fraction of sp³-hybridized carbons (Fsp3) is 0.300. The molecule has 0 radical (unpaired) electrons. The van der Waals surface area contributed by atoms with E-state index in [9.17, 15) is 4.79 Å². The van der Waals surface area contributed by atoms with E-state index in [0.717, 1.165) is 0 Å². The van der Waals surface area contributed by atoms with E-state index in [0.29, 0.717) is 23.5 Å². The van der Waals surface area contributed by atoms with Crippen LogP contribution in [0.5, 0.6) is 5.75 Å². The highest BCUT2D eigenvalue weighted by atomic mass is 32.1. The molecule has 0 heterocycles. The van der Waals surface area contributed by atoms with E-state index < -0.39 is 0 Å². The molecule has 70 valence electrons. The van der Waals surface area contributed by atoms with Crippen molar-refractivity contribution in [2.75, 3.05) is 12.9 Å². The molecule has 0 unspecified atom stereocenters. The molecule has 0 aliphatic carbocycles. The van der Waals surface area contributed by atoms with Crippen LogP contribution >= 0.6 is 12.6 Å². The lowest BCUT2D eigenvalue weighted by Crippen LogP contribution is -1.99. The molecule has 1 aromatic carbocycles. The fourth-order valence-corrected chi connectivity index (χ4v) is 1.25. The molecule has 13 heavy (non-hydrogen) atoms. The van der Waals surface area contributed by atoms with Gasteiger partial charge >= 0.3 is 0 Å². The van der Waals surface area contributed by atoms with Crippen molar-refractivity contribution in [3.05, 3.63) is 29.8 Å². The molecule has 0 fully saturated rings. The molecule has 1 rings (SSSR count). The number of methoxy groups -OCH3 is 1. The lowest BCUT2D eigenvalue weighted by atomic mass is 10.1. The number of benzene rings is 1. The number of ketones is 1. The van der Waals surface area contributed by atoms with Crippen LogP contribution in [0, 0.1) is 0 Å². The first-order valence-corrected chi connectivity index (χ1v) is 4.69. The minimum atomic E-state index is 0.105. The number of hydrogen-bond acceptors (Lipinski definition) is 3. The molecule has 0 amide bonds. The second-order valence-corrected chi connectivity index (χ2v) is 3.08. The van der Waals surface area contributed by atoms with Gasteiger partial charge in [0.1, 0.15) is 5.75 Å². The Balaban J connectivity index is 2.82. The van der Waals surface area contributed by atoms with Crippen molar-refractivity contribution in [3.63, 3.8) is 0 Å². The van der Waals surface area contributed by atoms with Crippen molar-refractivity contribution >= 4 is 18.4 Å². The second kappa shape index (κ2) is 4.92. The first-order chi connectivity index (χ1) is 6.27. The lowest BCUT2D eigenvalue weighted by molar-refractivity contribution is 0.0989. The van der Waals surface area contributed by atoms with Crippen molar-refractivity contribution in [1.29, 1.82) is 0 Å². The van der Waals surface area contributed by atoms with Crippen LogP contribution in [-0.2, 0) is 0 Å². The number of hydrogen-bond donors (Lipinski definition) is 1. The zero-order valence-corrected chi connectivity index (χ0v) is 8.38. The summed E-state index contributed by atoms with van der Waals surface area (Å²) in [7, 11) is 1.59. The molecular weight excluding hydrogens is 184 g/mol. The van der Waals surface area contributed by atoms with Crippen molar-refractivity contribution in [3.8, 4) is 5.75 Å². The van der Waals surface area contributed by atoms with Gasteiger partial charge in [0.05, 0.1) is 7.11 Å². The maximum Gasteiger partial charge on any atom is 0.163 e. The highest BCUT2D eigenvalue weighted by molar-refractivity contribution is 7.80. The van der Waals surface area contributed by atoms with Crippen LogP contribution in [0.1, 0.15) is 16.8 Å². The number of carbonyl (C=O) groups is 1. The number of thiol groups is 1. The topological polar surface area (TPSA) is 26.3 Å². The van der Waals surface area contributed by atoms with Gasteiger partial charge in [0.15, 0.2) is 5.78 Å². The van der Waals surface area contributed by atoms with Crippen LogP contribution in [0.4, 0.5) is 0 Å². The van der Waals surface area contributed by atoms with Crippen LogP contribution in [0.15, 0.2) is 24.3 Å². The quantitative estimate of drug-likeness (QED) is 0.590. The highest BCUT2D eigenvalue weighted by Gasteiger charge is 2.04. The molecule has 2 nitrogen and oxygen atoms in total. The summed E-state index contributed by atoms with van der Waals surface area (Å²) >= 11 is 4.01. The summed E-state index contributed by atoms with van der Waals surface area (Å²) in [6.07, 6.45) is 0.469. The maximum atomic E-state index is 11.4. The predicted molar refractivity (Wildman–Crippen MR) is 55.8 cm³/mol. The molecular formula is C10H12O2S. The molecule has 0 spiro atoms. The molecule has 0 aromatic heterocycles. The SMILES string of the molecule is COc1cccc(C(=O)CCS)c1. The van der Waals surface area contributed by atoms with Gasteiger partial charge in [-0.3, -0.25) is 4.79 Å². The van der Waals surface area contributed by atoms with Gasteiger partial charge in [-0.15, -0.1) is 0 Å². The van der Waals surface area contributed by atoms with Crippen LogP contribution in [0.25, 0.3) is 0 Å². The average molecular weight is 196 g/mol. The van der Waals surface area contributed by atoms with Crippen molar-refractivity contribution in [2.24, 2.45) is 0 Å². The van der Waals surface area contributed by atoms with Crippen LogP contribution < -0.4 is 4.74 Å². The van der Waals surface area contributed by atoms with E-state index in [-0.39, 0.29) is 5.78 Å². The van der Waals surface area contributed by atoms with E-state index in [4.69, 9.17) is 4.74 Å². The van der Waals surface area contributed by atoms with Gasteiger partial charge in [-0.25, -0.2) is 0 Å². The second-order valence-electron chi connectivity index (χ2n) is 2.63. The Bertz CT molecular complexity index is 297. The first kappa shape index (κ1) is 10.1. The fourth-order valence-electron chi connectivity index (χ4n) is 1.04. The van der Waals surface area contributed by atoms with Gasteiger partial charge in [0.2, 0.25) is 0 Å². The standard InChI is InChI=1S/C10H12O2S/c1-12-9-4-2-3-8(7-9)10(11)5-6-13/h2-4,7,13H,5-6H2,1H3. The summed E-state index contributed by atoms with van der Waals surface area (Å²) < 4.78 is 5.01. The summed E-state index contributed by atoms with van der Waals surface area (Å²) in [4.78, 5) is 11.4. The lowest BCUT2D eigenvalue weighted by Gasteiger charge is -2.02. The van der Waals surface area contributed by atoms with Crippen molar-refractivity contribution < 1.29 is 9.53 Å². The molecule has 0 bridgehead atoms. The third-order valence-electron chi connectivity index (χ3n) is 1.73. The molecule has 0 saturated heterocycles. The molecule has 0 N–H and O–H groups in total. The normalized spacial score (nSPS) is 9.69. The smallest absolute Gasteiger partial charge is 0.163 e. The molecule has 0 atom stereocenters. The van der Waals surface area contributed by atoms with Crippen LogP contribution in [0.3, 0.4) is 0 Å². The van der Waals surface area contributed by atoms with Gasteiger partial charge in [-0.2, -0.15) is 12.6 Å². The summed E-state index contributed by atoms with van der Waals surface area (Å²) in [5.74, 6) is 1.40. The first-order valence-electron chi connectivity index (χ1n) is 4.06. The van der Waals surface area contributed by atoms with E-state index in [1.165, 1.54) is 0 Å². The van der Waals surface area contributed by atoms with Gasteiger partial charge < -0.3 is 4.74 Å². The van der Waals surface area contributed by atoms with Crippen LogP contribution in [0.2, 0.25) is 0 Å². The summed E-state index contributed by atoms with van der Waals surface area (Å²) in [5.41, 5.74) is 0.688. The number of Topliss-reactive ketones (excluding diaryl/α,β-unsaturated/α-hetero) is 1. The Labute approximate surface area is 83.3 Å². The van der Waals surface area contributed by atoms with Gasteiger partial charge in [0.25, 0.3) is 0 Å². The molecule has 0 saturated carbocycles. The maximum absolute atomic E-state index is 11.4. The van der Waals surface area contributed by atoms with Crippen molar-refractivity contribution in [2.45, 2.75) is 6.42 Å². The Morgan fingerprint density at radius 3 is 2.92 bits per heavy atom. The highest BCUT2D eigenvalue weighted by Crippen LogP contribution is 2.13. The Hall–Kier alpha value is -0.960. The molecule has 0 aliphatic heterocycles. The third-order valence-corrected chi connectivity index (χ3v) is 1.95. The number of rotatable bonds is 4. The minimum absolute atomic E-state index is 0.105.